The minimum atomic E-state index is -2.40. The number of fused-ring (bicyclic) bond motifs is 1. The molecule has 2 aromatic rings. The Kier molecular flexibility index (Phi) is 2.28. The zero-order chi connectivity index (χ0) is 15.9. The van der Waals surface area contributed by atoms with Gasteiger partial charge in [0.15, 0.2) is 11.5 Å². The molecule has 0 saturated carbocycles. The molecule has 3 atom stereocenters. The molecule has 2 aromatic heterocycles. The molecule has 3 heterocycles. The summed E-state index contributed by atoms with van der Waals surface area (Å²) in [5.74, 6) is 0.0982. The van der Waals surface area contributed by atoms with Crippen LogP contribution in [0.25, 0.3) is 11.2 Å². The lowest BCUT2D eigenvalue weighted by molar-refractivity contribution is -0.0432. The second-order valence-corrected chi connectivity index (χ2v) is 4.29. The number of nitrogens with zero attached hydrogens (tertiary/aromatic N) is 4. The van der Waals surface area contributed by atoms with Crippen LogP contribution in [0.2, 0.25) is 0 Å². The molecular weight excluding hydrogens is 250 g/mol. The zero-order valence-corrected chi connectivity index (χ0v) is 9.89. The van der Waals surface area contributed by atoms with Crippen LogP contribution in [0.5, 0.6) is 0 Å². The quantitative estimate of drug-likeness (QED) is 0.689. The van der Waals surface area contributed by atoms with E-state index < -0.39 is 25.4 Å². The maximum Gasteiger partial charge on any atom is 0.167 e. The number of aliphatic hydroxyl groups excluding tert-OH is 2. The first-order valence-corrected chi connectivity index (χ1v) is 5.79. The van der Waals surface area contributed by atoms with Crippen LogP contribution in [0.1, 0.15) is 16.8 Å². The van der Waals surface area contributed by atoms with Gasteiger partial charge in [0, 0.05) is 17.5 Å². The van der Waals surface area contributed by atoms with Gasteiger partial charge in [-0.2, -0.15) is 0 Å². The molecule has 1 saturated heterocycles. The van der Waals surface area contributed by atoms with Crippen LogP contribution < -0.4 is 5.32 Å². The molecule has 19 heavy (non-hydrogen) atoms. The number of rotatable bonds is 3. The van der Waals surface area contributed by atoms with Crippen LogP contribution >= 0.6 is 0 Å². The van der Waals surface area contributed by atoms with Gasteiger partial charge in [0.2, 0.25) is 0 Å². The van der Waals surface area contributed by atoms with Crippen LogP contribution in [-0.4, -0.2) is 55.5 Å². The summed E-state index contributed by atoms with van der Waals surface area (Å²) in [5, 5.41) is 21.2. The monoisotopic (exact) mass is 268 g/mol. The molecular formula is C11H15N5O3. The van der Waals surface area contributed by atoms with Crippen molar-refractivity contribution in [3.8, 4) is 0 Å². The van der Waals surface area contributed by atoms with Crippen molar-refractivity contribution >= 4 is 17.0 Å². The van der Waals surface area contributed by atoms with Crippen molar-refractivity contribution in [2.24, 2.45) is 0 Å². The number of ether oxygens (including phenoxy) is 1. The van der Waals surface area contributed by atoms with E-state index in [1.807, 2.05) is 0 Å². The number of hydrogen-bond donors (Lipinski definition) is 3. The van der Waals surface area contributed by atoms with E-state index >= 15 is 0 Å². The molecule has 3 N–H and O–H groups in total. The van der Waals surface area contributed by atoms with Crippen LogP contribution in [0.3, 0.4) is 0 Å². The number of aliphatic hydroxyl groups is 2. The van der Waals surface area contributed by atoms with Gasteiger partial charge in [-0.3, -0.25) is 4.57 Å². The summed E-state index contributed by atoms with van der Waals surface area (Å²) in [4.78, 5) is 12.1. The summed E-state index contributed by atoms with van der Waals surface area (Å²) < 4.78 is 28.8. The van der Waals surface area contributed by atoms with Crippen molar-refractivity contribution in [1.29, 1.82) is 0 Å². The highest BCUT2D eigenvalue weighted by atomic mass is 16.5. The fourth-order valence-corrected chi connectivity index (χ4v) is 2.20. The smallest absolute Gasteiger partial charge is 0.167 e. The van der Waals surface area contributed by atoms with Gasteiger partial charge < -0.3 is 20.3 Å². The first-order valence-electron chi connectivity index (χ1n) is 7.29. The maximum atomic E-state index is 9.80. The van der Waals surface area contributed by atoms with Crippen molar-refractivity contribution in [2.75, 3.05) is 18.9 Å². The molecule has 0 unspecified atom stereocenters. The van der Waals surface area contributed by atoms with E-state index in [4.69, 9.17) is 14.0 Å². The SMILES string of the molecule is [2H]C([2H])([2H])Nc1ncnc2c1ncn2[C@H]1C[C@H](O)[C@@H](CO)O1. The summed E-state index contributed by atoms with van der Waals surface area (Å²) >= 11 is 0. The van der Waals surface area contributed by atoms with Gasteiger partial charge >= 0.3 is 0 Å². The molecule has 3 rings (SSSR count). The molecule has 0 radical (unpaired) electrons. The standard InChI is InChI=1S/C11H15N5O3/c1-12-10-9-11(14-4-13-10)16(5-15-9)8-2-6(18)7(3-17)19-8/h4-8,17-18H,2-3H2,1H3,(H,12,13,14)/t6-,7+,8+/m0/s1/i1D3. The van der Waals surface area contributed by atoms with E-state index in [1.165, 1.54) is 12.7 Å². The molecule has 0 spiro atoms. The summed E-state index contributed by atoms with van der Waals surface area (Å²) in [5.41, 5.74) is 0.682. The van der Waals surface area contributed by atoms with Gasteiger partial charge in [0.1, 0.15) is 24.2 Å². The van der Waals surface area contributed by atoms with Gasteiger partial charge in [-0.25, -0.2) is 15.0 Å². The Morgan fingerprint density at radius 1 is 1.58 bits per heavy atom. The van der Waals surface area contributed by atoms with Gasteiger partial charge in [0.25, 0.3) is 0 Å². The molecule has 8 heteroatoms. The van der Waals surface area contributed by atoms with Crippen molar-refractivity contribution in [2.45, 2.75) is 24.9 Å². The first-order chi connectivity index (χ1) is 10.4. The highest BCUT2D eigenvalue weighted by Crippen LogP contribution is 2.31. The minimum absolute atomic E-state index is 0.0982. The van der Waals surface area contributed by atoms with Crippen LogP contribution in [0, 0.1) is 0 Å². The molecule has 1 fully saturated rings. The molecule has 0 aliphatic carbocycles. The van der Waals surface area contributed by atoms with E-state index in [2.05, 4.69) is 20.3 Å². The van der Waals surface area contributed by atoms with Crippen molar-refractivity contribution in [1.82, 2.24) is 19.5 Å². The Balaban J connectivity index is 1.95. The number of hydrogen-bond acceptors (Lipinski definition) is 7. The van der Waals surface area contributed by atoms with Crippen LogP contribution in [-0.2, 0) is 4.74 Å². The molecule has 0 aromatic carbocycles. The number of anilines is 1. The Bertz CT molecular complexity index is 677. The highest BCUT2D eigenvalue weighted by molar-refractivity contribution is 5.82. The predicted molar refractivity (Wildman–Crippen MR) is 66.5 cm³/mol. The average molecular weight is 268 g/mol. The Hall–Kier alpha value is -1.77. The number of aromatic nitrogens is 4. The van der Waals surface area contributed by atoms with Crippen molar-refractivity contribution < 1.29 is 19.1 Å². The third kappa shape index (κ3) is 1.93. The first kappa shape index (κ1) is 9.18. The Labute approximate surface area is 113 Å². The van der Waals surface area contributed by atoms with Gasteiger partial charge in [-0.05, 0) is 0 Å². The maximum absolute atomic E-state index is 9.80. The predicted octanol–water partition coefficient (Wildman–Crippen LogP) is -0.491. The van der Waals surface area contributed by atoms with E-state index in [0.29, 0.717) is 11.2 Å². The zero-order valence-electron chi connectivity index (χ0n) is 12.9. The van der Waals surface area contributed by atoms with Gasteiger partial charge in [-0.1, -0.05) is 0 Å². The Morgan fingerprint density at radius 2 is 2.47 bits per heavy atom. The second-order valence-electron chi connectivity index (χ2n) is 4.29. The molecule has 8 nitrogen and oxygen atoms in total. The van der Waals surface area contributed by atoms with E-state index in [1.54, 1.807) is 4.57 Å². The fourth-order valence-electron chi connectivity index (χ4n) is 2.20. The normalized spacial score (nSPS) is 30.0. The highest BCUT2D eigenvalue weighted by Gasteiger charge is 2.35. The van der Waals surface area contributed by atoms with Gasteiger partial charge in [-0.15, -0.1) is 0 Å². The van der Waals surface area contributed by atoms with E-state index in [-0.39, 0.29) is 18.8 Å². The fraction of sp³-hybridized carbons (Fsp3) is 0.545. The molecule has 1 aliphatic rings. The van der Waals surface area contributed by atoms with Crippen LogP contribution in [0.4, 0.5) is 5.82 Å². The summed E-state index contributed by atoms with van der Waals surface area (Å²) in [6, 6.07) is 0. The lowest BCUT2D eigenvalue weighted by Crippen LogP contribution is -2.24. The molecule has 1 aliphatic heterocycles. The number of nitrogens with one attached hydrogen (secondary N) is 1. The summed E-state index contributed by atoms with van der Waals surface area (Å²) in [7, 11) is 0. The average Bonchev–Trinajstić information content (AvgIpc) is 3.00. The topological polar surface area (TPSA) is 105 Å². The lowest BCUT2D eigenvalue weighted by Gasteiger charge is -2.13. The number of imidazole rings is 1. The lowest BCUT2D eigenvalue weighted by atomic mass is 10.2. The van der Waals surface area contributed by atoms with E-state index in [0.717, 1.165) is 0 Å². The largest absolute Gasteiger partial charge is 0.394 e. The molecule has 0 bridgehead atoms. The van der Waals surface area contributed by atoms with E-state index in [9.17, 15) is 5.11 Å². The molecule has 102 valence electrons. The van der Waals surface area contributed by atoms with Crippen molar-refractivity contribution in [3.63, 3.8) is 0 Å². The summed E-state index contributed by atoms with van der Waals surface area (Å²) in [6.45, 7) is -2.68. The minimum Gasteiger partial charge on any atom is -0.394 e. The second kappa shape index (κ2) is 4.72. The summed E-state index contributed by atoms with van der Waals surface area (Å²) in [6.07, 6.45) is 0.971. The third-order valence-electron chi connectivity index (χ3n) is 3.17. The van der Waals surface area contributed by atoms with Crippen LogP contribution in [0.15, 0.2) is 12.7 Å². The third-order valence-corrected chi connectivity index (χ3v) is 3.17. The molecule has 0 amide bonds. The van der Waals surface area contributed by atoms with Gasteiger partial charge in [0.05, 0.1) is 19.0 Å². The van der Waals surface area contributed by atoms with Crippen molar-refractivity contribution in [3.05, 3.63) is 12.7 Å². The Morgan fingerprint density at radius 3 is 3.21 bits per heavy atom.